The van der Waals surface area contributed by atoms with Crippen LogP contribution in [-0.2, 0) is 20.9 Å². The van der Waals surface area contributed by atoms with Crippen LogP contribution in [0.15, 0.2) is 24.3 Å². The summed E-state index contributed by atoms with van der Waals surface area (Å²) >= 11 is 1.34. The zero-order chi connectivity index (χ0) is 18.6. The van der Waals surface area contributed by atoms with Crippen molar-refractivity contribution in [2.45, 2.75) is 27.4 Å². The maximum absolute atomic E-state index is 12.4. The highest BCUT2D eigenvalue weighted by atomic mass is 32.1. The van der Waals surface area contributed by atoms with E-state index in [9.17, 15) is 14.4 Å². The molecule has 0 aliphatic heterocycles. The molecule has 0 aliphatic rings. The molecule has 1 aromatic heterocycles. The second-order valence-corrected chi connectivity index (χ2v) is 6.66. The van der Waals surface area contributed by atoms with Crippen LogP contribution in [-0.4, -0.2) is 25.0 Å². The predicted octanol–water partition coefficient (Wildman–Crippen LogP) is 3.47. The lowest BCUT2D eigenvalue weighted by atomic mass is 10.1. The molecule has 0 saturated heterocycles. The first-order valence-corrected chi connectivity index (χ1v) is 8.37. The van der Waals surface area contributed by atoms with E-state index in [1.54, 1.807) is 24.3 Å². The minimum Gasteiger partial charge on any atom is -0.465 e. The Hall–Kier alpha value is -2.67. The van der Waals surface area contributed by atoms with Gasteiger partial charge in [-0.15, -0.1) is 11.3 Å². The molecule has 2 aromatic rings. The van der Waals surface area contributed by atoms with E-state index in [2.05, 4.69) is 10.1 Å². The van der Waals surface area contributed by atoms with Crippen molar-refractivity contribution < 1.29 is 23.9 Å². The van der Waals surface area contributed by atoms with E-state index >= 15 is 0 Å². The molecule has 0 unspecified atom stereocenters. The van der Waals surface area contributed by atoms with Crippen LogP contribution in [0.1, 0.15) is 43.6 Å². The molecule has 0 atom stereocenters. The highest BCUT2D eigenvalue weighted by Gasteiger charge is 2.21. The molecule has 0 spiro atoms. The summed E-state index contributed by atoms with van der Waals surface area (Å²) in [6.07, 6.45) is 0. The molecule has 0 saturated carbocycles. The number of amides is 1. The number of hydrogen-bond donors (Lipinski definition) is 1. The molecule has 0 radical (unpaired) electrons. The third kappa shape index (κ3) is 4.45. The van der Waals surface area contributed by atoms with E-state index in [0.717, 1.165) is 16.0 Å². The SMILES string of the molecule is COC(=O)c1ccc(COC(=O)c2c(NC(C)=O)sc(C)c2C)cc1. The molecule has 25 heavy (non-hydrogen) atoms. The number of rotatable bonds is 5. The Kier molecular flexibility index (Phi) is 5.93. The number of ether oxygens (including phenoxy) is 2. The molecule has 1 amide bonds. The summed E-state index contributed by atoms with van der Waals surface area (Å²) in [5, 5.41) is 3.16. The number of thiophene rings is 1. The topological polar surface area (TPSA) is 81.7 Å². The number of carbonyl (C=O) groups is 3. The van der Waals surface area contributed by atoms with Crippen LogP contribution in [0.3, 0.4) is 0 Å². The van der Waals surface area contributed by atoms with E-state index in [1.165, 1.54) is 25.4 Å². The van der Waals surface area contributed by atoms with Gasteiger partial charge in [0.15, 0.2) is 0 Å². The Morgan fingerprint density at radius 1 is 1.08 bits per heavy atom. The third-order valence-corrected chi connectivity index (χ3v) is 4.75. The van der Waals surface area contributed by atoms with Gasteiger partial charge < -0.3 is 14.8 Å². The fraction of sp³-hybridized carbons (Fsp3) is 0.278. The first-order chi connectivity index (χ1) is 11.8. The maximum atomic E-state index is 12.4. The minimum absolute atomic E-state index is 0.0636. The summed E-state index contributed by atoms with van der Waals surface area (Å²) in [5.41, 5.74) is 2.34. The molecule has 7 heteroatoms. The van der Waals surface area contributed by atoms with Crippen molar-refractivity contribution in [3.8, 4) is 0 Å². The summed E-state index contributed by atoms with van der Waals surface area (Å²) in [6, 6.07) is 6.61. The van der Waals surface area contributed by atoms with Gasteiger partial charge in [0.2, 0.25) is 5.91 Å². The lowest BCUT2D eigenvalue weighted by Crippen LogP contribution is -2.12. The lowest BCUT2D eigenvalue weighted by molar-refractivity contribution is -0.114. The van der Waals surface area contributed by atoms with E-state index in [1.807, 2.05) is 13.8 Å². The zero-order valence-electron chi connectivity index (χ0n) is 14.5. The Morgan fingerprint density at radius 3 is 2.28 bits per heavy atom. The molecule has 0 fully saturated rings. The van der Waals surface area contributed by atoms with Gasteiger partial charge in [0.05, 0.1) is 18.2 Å². The number of nitrogens with one attached hydrogen (secondary N) is 1. The summed E-state index contributed by atoms with van der Waals surface area (Å²) in [5.74, 6) is -1.16. The van der Waals surface area contributed by atoms with Crippen LogP contribution >= 0.6 is 11.3 Å². The molecule has 2 rings (SSSR count). The standard InChI is InChI=1S/C18H19NO5S/c1-10-11(2)25-16(19-12(3)20)15(10)18(22)24-9-13-5-7-14(8-6-13)17(21)23-4/h5-8H,9H2,1-4H3,(H,19,20). The first-order valence-electron chi connectivity index (χ1n) is 7.55. The van der Waals surface area contributed by atoms with E-state index in [0.29, 0.717) is 16.1 Å². The van der Waals surface area contributed by atoms with Gasteiger partial charge in [-0.1, -0.05) is 12.1 Å². The van der Waals surface area contributed by atoms with Crippen LogP contribution in [0.2, 0.25) is 0 Å². The van der Waals surface area contributed by atoms with Crippen molar-refractivity contribution in [1.82, 2.24) is 0 Å². The van der Waals surface area contributed by atoms with E-state index in [4.69, 9.17) is 4.74 Å². The number of esters is 2. The second-order valence-electron chi connectivity index (χ2n) is 5.43. The molecule has 1 aromatic carbocycles. The third-order valence-electron chi connectivity index (χ3n) is 3.62. The monoisotopic (exact) mass is 361 g/mol. The van der Waals surface area contributed by atoms with Gasteiger partial charge in [-0.2, -0.15) is 0 Å². The molecule has 0 bridgehead atoms. The van der Waals surface area contributed by atoms with E-state index < -0.39 is 11.9 Å². The smallest absolute Gasteiger partial charge is 0.341 e. The van der Waals surface area contributed by atoms with Crippen molar-refractivity contribution in [3.05, 3.63) is 51.4 Å². The number of anilines is 1. The van der Waals surface area contributed by atoms with Crippen LogP contribution in [0, 0.1) is 13.8 Å². The Morgan fingerprint density at radius 2 is 1.72 bits per heavy atom. The van der Waals surface area contributed by atoms with Crippen LogP contribution in [0.25, 0.3) is 0 Å². The maximum Gasteiger partial charge on any atom is 0.341 e. The molecular formula is C18H19NO5S. The van der Waals surface area contributed by atoms with Crippen LogP contribution < -0.4 is 5.32 Å². The quantitative estimate of drug-likeness (QED) is 0.825. The molecule has 132 valence electrons. The van der Waals surface area contributed by atoms with Gasteiger partial charge in [-0.25, -0.2) is 9.59 Å². The van der Waals surface area contributed by atoms with Gasteiger partial charge in [-0.3, -0.25) is 4.79 Å². The van der Waals surface area contributed by atoms with Crippen molar-refractivity contribution in [1.29, 1.82) is 0 Å². The Bertz CT molecular complexity index is 808. The minimum atomic E-state index is -0.498. The number of carbonyl (C=O) groups excluding carboxylic acids is 3. The Balaban J connectivity index is 2.10. The van der Waals surface area contributed by atoms with Crippen molar-refractivity contribution in [3.63, 3.8) is 0 Å². The predicted molar refractivity (Wildman–Crippen MR) is 95.0 cm³/mol. The molecule has 6 nitrogen and oxygen atoms in total. The van der Waals surface area contributed by atoms with Gasteiger partial charge in [0.25, 0.3) is 0 Å². The fourth-order valence-corrected chi connectivity index (χ4v) is 3.29. The summed E-state index contributed by atoms with van der Waals surface area (Å²) in [6.45, 7) is 5.16. The normalized spacial score (nSPS) is 10.2. The number of aryl methyl sites for hydroxylation is 1. The summed E-state index contributed by atoms with van der Waals surface area (Å²) in [4.78, 5) is 36.1. The number of hydrogen-bond acceptors (Lipinski definition) is 6. The Labute approximate surface area is 149 Å². The average molecular weight is 361 g/mol. The lowest BCUT2D eigenvalue weighted by Gasteiger charge is -2.08. The number of benzene rings is 1. The van der Waals surface area contributed by atoms with Gasteiger partial charge in [0, 0.05) is 11.8 Å². The van der Waals surface area contributed by atoms with Gasteiger partial charge in [0.1, 0.15) is 11.6 Å². The highest BCUT2D eigenvalue weighted by Crippen LogP contribution is 2.33. The van der Waals surface area contributed by atoms with Crippen LogP contribution in [0.5, 0.6) is 0 Å². The first kappa shape index (κ1) is 18.7. The average Bonchev–Trinajstić information content (AvgIpc) is 2.85. The summed E-state index contributed by atoms with van der Waals surface area (Å²) in [7, 11) is 1.32. The van der Waals surface area contributed by atoms with Crippen molar-refractivity contribution in [2.24, 2.45) is 0 Å². The highest BCUT2D eigenvalue weighted by molar-refractivity contribution is 7.16. The molecule has 0 aliphatic carbocycles. The number of methoxy groups -OCH3 is 1. The second kappa shape index (κ2) is 7.94. The summed E-state index contributed by atoms with van der Waals surface area (Å²) < 4.78 is 9.99. The zero-order valence-corrected chi connectivity index (χ0v) is 15.3. The largest absolute Gasteiger partial charge is 0.465 e. The fourth-order valence-electron chi connectivity index (χ4n) is 2.20. The van der Waals surface area contributed by atoms with Crippen molar-refractivity contribution in [2.75, 3.05) is 12.4 Å². The molecule has 1 N–H and O–H groups in total. The van der Waals surface area contributed by atoms with Crippen LogP contribution in [0.4, 0.5) is 5.00 Å². The van der Waals surface area contributed by atoms with Gasteiger partial charge >= 0.3 is 11.9 Å². The molecule has 1 heterocycles. The molecular weight excluding hydrogens is 342 g/mol. The van der Waals surface area contributed by atoms with Gasteiger partial charge in [-0.05, 0) is 37.1 Å². The van der Waals surface area contributed by atoms with Crippen molar-refractivity contribution >= 4 is 34.2 Å². The van der Waals surface area contributed by atoms with E-state index in [-0.39, 0.29) is 12.5 Å².